The van der Waals surface area contributed by atoms with Crippen LogP contribution in [-0.2, 0) is 10.0 Å². The van der Waals surface area contributed by atoms with Crippen molar-refractivity contribution >= 4 is 20.7 Å². The molecule has 1 unspecified atom stereocenters. The van der Waals surface area contributed by atoms with Gasteiger partial charge in [-0.15, -0.1) is 0 Å². The standard InChI is InChI=1S/C33H40N2O4Si/c1-32(2)29(28(23-35(36)37)27-19-12-13-20-30(27)38-32)24-34-22-14-21-31(34)33(39-40(3,4)5,25-15-8-6-9-16-25)26-17-10-7-11-18-26/h6-13,15-20,23-24,28-29,31H,14,21-22H2,1-5H3/t28-,29?,31+/m1/s1. The lowest BCUT2D eigenvalue weighted by molar-refractivity contribution is -0.560. The first kappa shape index (κ1) is 28.1. The first-order chi connectivity index (χ1) is 19.0. The summed E-state index contributed by atoms with van der Waals surface area (Å²) >= 11 is 0. The van der Waals surface area contributed by atoms with Crippen LogP contribution in [0.3, 0.4) is 0 Å². The summed E-state index contributed by atoms with van der Waals surface area (Å²) in [5, 5.41) is 23.8. The van der Waals surface area contributed by atoms with E-state index < -0.39 is 25.4 Å². The zero-order valence-corrected chi connectivity index (χ0v) is 25.1. The summed E-state index contributed by atoms with van der Waals surface area (Å²) < 4.78 is 16.2. The second-order valence-corrected chi connectivity index (χ2v) is 16.9. The summed E-state index contributed by atoms with van der Waals surface area (Å²) in [6.07, 6.45) is 5.42. The van der Waals surface area contributed by atoms with Crippen LogP contribution in [0.15, 0.2) is 84.9 Å². The Morgan fingerprint density at radius 1 is 0.925 bits per heavy atom. The third kappa shape index (κ3) is 5.45. The van der Waals surface area contributed by atoms with E-state index in [4.69, 9.17) is 9.16 Å². The average Bonchev–Trinajstić information content (AvgIpc) is 3.38. The van der Waals surface area contributed by atoms with E-state index in [1.165, 1.54) is 6.21 Å². The van der Waals surface area contributed by atoms with Gasteiger partial charge in [-0.25, -0.2) is 4.58 Å². The normalized spacial score (nSPS) is 23.3. The second-order valence-electron chi connectivity index (χ2n) is 12.5. The Bertz CT molecular complexity index is 1340. The molecule has 0 bridgehead atoms. The molecule has 2 heterocycles. The van der Waals surface area contributed by atoms with E-state index in [2.05, 4.69) is 79.0 Å². The van der Waals surface area contributed by atoms with Crippen LogP contribution in [0, 0.1) is 16.3 Å². The van der Waals surface area contributed by atoms with Gasteiger partial charge in [-0.1, -0.05) is 78.9 Å². The summed E-state index contributed by atoms with van der Waals surface area (Å²) in [4.78, 5) is -0.308. The van der Waals surface area contributed by atoms with E-state index >= 15 is 0 Å². The van der Waals surface area contributed by atoms with Crippen molar-refractivity contribution in [1.82, 2.24) is 0 Å². The maximum Gasteiger partial charge on any atom is 0.188 e. The molecule has 2 aliphatic heterocycles. The monoisotopic (exact) mass is 556 g/mol. The van der Waals surface area contributed by atoms with Gasteiger partial charge in [-0.3, -0.25) is 0 Å². The van der Waals surface area contributed by atoms with E-state index in [0.717, 1.165) is 36.1 Å². The Morgan fingerprint density at radius 2 is 1.50 bits per heavy atom. The second kappa shape index (κ2) is 10.9. The highest BCUT2D eigenvalue weighted by Crippen LogP contribution is 2.46. The molecule has 3 atom stereocenters. The number of fused-ring (bicyclic) bond motifs is 1. The largest absolute Gasteiger partial charge is 0.613 e. The van der Waals surface area contributed by atoms with Crippen molar-refractivity contribution in [1.29, 1.82) is 0 Å². The minimum Gasteiger partial charge on any atom is -0.613 e. The maximum absolute atomic E-state index is 11.9. The highest BCUT2D eigenvalue weighted by Gasteiger charge is 2.55. The highest BCUT2D eigenvalue weighted by molar-refractivity contribution is 6.69. The molecule has 3 aromatic carbocycles. The van der Waals surface area contributed by atoms with Crippen molar-refractivity contribution in [3.8, 4) is 5.75 Å². The van der Waals surface area contributed by atoms with Crippen molar-refractivity contribution in [2.45, 2.75) is 69.5 Å². The molecular weight excluding hydrogens is 516 g/mol. The van der Waals surface area contributed by atoms with Crippen LogP contribution in [-0.4, -0.2) is 48.4 Å². The molecule has 3 aromatic rings. The van der Waals surface area contributed by atoms with E-state index in [-0.39, 0.29) is 16.9 Å². The summed E-state index contributed by atoms with van der Waals surface area (Å²) in [5.41, 5.74) is 1.77. The van der Waals surface area contributed by atoms with E-state index in [1.807, 2.05) is 50.2 Å². The van der Waals surface area contributed by atoms with Gasteiger partial charge in [0, 0.05) is 18.4 Å². The van der Waals surface area contributed by atoms with E-state index in [1.54, 1.807) is 0 Å². The molecule has 0 aliphatic carbocycles. The first-order valence-corrected chi connectivity index (χ1v) is 17.6. The molecule has 0 radical (unpaired) electrons. The van der Waals surface area contributed by atoms with Crippen molar-refractivity contribution in [3.05, 3.63) is 112 Å². The van der Waals surface area contributed by atoms with Gasteiger partial charge in [0.15, 0.2) is 26.2 Å². The Kier molecular flexibility index (Phi) is 7.64. The van der Waals surface area contributed by atoms with Crippen LogP contribution < -0.4 is 4.74 Å². The number of ether oxygens (including phenoxy) is 1. The maximum atomic E-state index is 11.9. The summed E-state index contributed by atoms with van der Waals surface area (Å²) in [6, 6.07) is 28.8. The fourth-order valence-corrected chi connectivity index (χ4v) is 7.94. The highest BCUT2D eigenvalue weighted by atomic mass is 28.4. The van der Waals surface area contributed by atoms with E-state index in [0.29, 0.717) is 5.75 Å². The van der Waals surface area contributed by atoms with Gasteiger partial charge in [0.05, 0.1) is 11.8 Å². The molecule has 7 heteroatoms. The molecule has 5 rings (SSSR count). The average molecular weight is 557 g/mol. The van der Waals surface area contributed by atoms with Gasteiger partial charge in [0.25, 0.3) is 0 Å². The van der Waals surface area contributed by atoms with Gasteiger partial charge >= 0.3 is 0 Å². The quantitative estimate of drug-likeness (QED) is 0.107. The van der Waals surface area contributed by atoms with Gasteiger partial charge in [-0.2, -0.15) is 4.90 Å². The minimum absolute atomic E-state index is 0.00764. The Labute approximate surface area is 238 Å². The van der Waals surface area contributed by atoms with Gasteiger partial charge < -0.3 is 19.6 Å². The predicted molar refractivity (Wildman–Crippen MR) is 163 cm³/mol. The molecule has 0 aromatic heterocycles. The molecule has 40 heavy (non-hydrogen) atoms. The first-order valence-electron chi connectivity index (χ1n) is 14.2. The molecule has 0 N–H and O–H groups in total. The zero-order chi connectivity index (χ0) is 28.5. The van der Waals surface area contributed by atoms with Crippen LogP contribution in [0.5, 0.6) is 5.75 Å². The Hall–Kier alpha value is -3.42. The fraction of sp³-hybridized carbons (Fsp3) is 0.394. The Balaban J connectivity index is 1.71. The molecule has 2 aliphatic rings. The molecule has 0 amide bonds. The van der Waals surface area contributed by atoms with Crippen molar-refractivity contribution in [2.24, 2.45) is 5.92 Å². The smallest absolute Gasteiger partial charge is 0.188 e. The predicted octanol–water partition coefficient (Wildman–Crippen LogP) is 6.68. The number of hydrogen-bond donors (Lipinski definition) is 0. The molecule has 210 valence electrons. The summed E-state index contributed by atoms with van der Waals surface area (Å²) in [5.74, 6) is 0.0460. The summed E-state index contributed by atoms with van der Waals surface area (Å²) in [7, 11) is -2.08. The number of rotatable bonds is 7. The van der Waals surface area contributed by atoms with Crippen LogP contribution in [0.1, 0.15) is 49.3 Å². The molecular formula is C33H40N2O4Si. The minimum atomic E-state index is -2.08. The van der Waals surface area contributed by atoms with Crippen LogP contribution in [0.25, 0.3) is 0 Å². The third-order valence-electron chi connectivity index (χ3n) is 8.11. The van der Waals surface area contributed by atoms with Crippen LogP contribution >= 0.6 is 0 Å². The summed E-state index contributed by atoms with van der Waals surface area (Å²) in [6.45, 7) is 11.7. The molecule has 6 nitrogen and oxygen atoms in total. The van der Waals surface area contributed by atoms with Gasteiger partial charge in [0.1, 0.15) is 24.1 Å². The Morgan fingerprint density at radius 3 is 2.08 bits per heavy atom. The molecule has 0 saturated carbocycles. The van der Waals surface area contributed by atoms with Crippen LogP contribution in [0.4, 0.5) is 0 Å². The number of nitrogens with zero attached hydrogens (tertiary/aromatic N) is 2. The van der Waals surface area contributed by atoms with Gasteiger partial charge in [-0.05, 0) is 50.7 Å². The fourth-order valence-electron chi connectivity index (χ4n) is 6.60. The van der Waals surface area contributed by atoms with E-state index in [9.17, 15) is 10.4 Å². The van der Waals surface area contributed by atoms with Crippen LogP contribution in [0.2, 0.25) is 19.6 Å². The SMILES string of the molecule is CC1(C)Oc2ccccc2[C@@H](C=[N+]([O-])[O-])C1C=[N+]1CCC[C@H]1C(O[Si](C)(C)C)(c1ccccc1)c1ccccc1. The molecule has 1 fully saturated rings. The lowest BCUT2D eigenvalue weighted by atomic mass is 9.74. The zero-order valence-electron chi connectivity index (χ0n) is 24.1. The third-order valence-corrected chi connectivity index (χ3v) is 9.05. The number of benzene rings is 3. The number of para-hydroxylation sites is 1. The van der Waals surface area contributed by atoms with Gasteiger partial charge in [0.2, 0.25) is 0 Å². The molecule has 0 spiro atoms. The lowest BCUT2D eigenvalue weighted by Gasteiger charge is -2.43. The topological polar surface area (TPSA) is 70.6 Å². The van der Waals surface area contributed by atoms with Crippen molar-refractivity contribution < 1.29 is 18.6 Å². The number of hydrogen-bond acceptors (Lipinski definition) is 4. The van der Waals surface area contributed by atoms with Crippen molar-refractivity contribution in [3.63, 3.8) is 0 Å². The van der Waals surface area contributed by atoms with Crippen molar-refractivity contribution in [2.75, 3.05) is 6.54 Å². The molecule has 1 saturated heterocycles. The lowest BCUT2D eigenvalue weighted by Crippen LogP contribution is -2.54.